The highest BCUT2D eigenvalue weighted by molar-refractivity contribution is 7.89. The number of benzene rings is 2. The number of sulfonamides is 1. The summed E-state index contributed by atoms with van der Waals surface area (Å²) in [5.74, 6) is 0. The van der Waals surface area contributed by atoms with Gasteiger partial charge in [-0.1, -0.05) is 55.0 Å². The second kappa shape index (κ2) is 7.72. The Morgan fingerprint density at radius 3 is 2.37 bits per heavy atom. The summed E-state index contributed by atoms with van der Waals surface area (Å²) in [5.41, 5.74) is 1.18. The summed E-state index contributed by atoms with van der Waals surface area (Å²) in [7, 11) is -3.70. The molecule has 27 heavy (non-hydrogen) atoms. The van der Waals surface area contributed by atoms with Gasteiger partial charge in [0, 0.05) is 0 Å². The molecule has 0 saturated carbocycles. The summed E-state index contributed by atoms with van der Waals surface area (Å²) in [6, 6.07) is 16.2. The topological polar surface area (TPSA) is 66.6 Å². The van der Waals surface area contributed by atoms with E-state index in [1.807, 2.05) is 44.2 Å². The Morgan fingerprint density at radius 2 is 1.78 bits per heavy atom. The molecule has 1 aliphatic rings. The molecule has 3 rings (SSSR count). The third-order valence-corrected chi connectivity index (χ3v) is 7.42. The Balaban J connectivity index is 1.78. The Kier molecular flexibility index (Phi) is 5.72. The van der Waals surface area contributed by atoms with E-state index < -0.39 is 21.7 Å². The van der Waals surface area contributed by atoms with Gasteiger partial charge in [-0.3, -0.25) is 0 Å². The quantitative estimate of drug-likeness (QED) is 0.705. The van der Waals surface area contributed by atoms with E-state index in [4.69, 9.17) is 4.74 Å². The number of hydrogen-bond donors (Lipinski definition) is 1. The van der Waals surface area contributed by atoms with E-state index in [-0.39, 0.29) is 17.5 Å². The third-order valence-electron chi connectivity index (χ3n) is 5.39. The van der Waals surface area contributed by atoms with Crippen LogP contribution in [-0.4, -0.2) is 42.1 Å². The molecule has 1 saturated heterocycles. The van der Waals surface area contributed by atoms with E-state index in [2.05, 4.69) is 0 Å². The summed E-state index contributed by atoms with van der Waals surface area (Å²) in [6.07, 6.45) is -0.269. The lowest BCUT2D eigenvalue weighted by atomic mass is 9.98. The molecule has 4 atom stereocenters. The summed E-state index contributed by atoms with van der Waals surface area (Å²) >= 11 is 0. The van der Waals surface area contributed by atoms with Gasteiger partial charge in [-0.15, -0.1) is 0 Å². The maximum atomic E-state index is 13.1. The smallest absolute Gasteiger partial charge is 0.244 e. The molecule has 1 fully saturated rings. The SMILES string of the molecule is CC[C@@H](O)[C@@]1(C)[C@H](COCc2ccccc2)N1S(=O)(=O)c1ccc(C)cc1. The molecule has 0 aromatic heterocycles. The van der Waals surface area contributed by atoms with Crippen LogP contribution in [0.2, 0.25) is 0 Å². The van der Waals surface area contributed by atoms with Crippen LogP contribution in [0, 0.1) is 6.92 Å². The highest BCUT2D eigenvalue weighted by Gasteiger charge is 2.68. The molecular weight excluding hydrogens is 362 g/mol. The van der Waals surface area contributed by atoms with E-state index in [0.717, 1.165) is 11.1 Å². The predicted octanol–water partition coefficient (Wildman–Crippen LogP) is 3.11. The van der Waals surface area contributed by atoms with Crippen molar-refractivity contribution in [2.45, 2.75) is 56.4 Å². The first-order chi connectivity index (χ1) is 12.8. The van der Waals surface area contributed by atoms with Gasteiger partial charge in [0.15, 0.2) is 0 Å². The fourth-order valence-electron chi connectivity index (χ4n) is 3.57. The fraction of sp³-hybridized carbons (Fsp3) is 0.429. The Bertz CT molecular complexity index is 867. The molecule has 146 valence electrons. The van der Waals surface area contributed by atoms with Gasteiger partial charge in [-0.2, -0.15) is 4.31 Å². The van der Waals surface area contributed by atoms with Gasteiger partial charge in [0.05, 0.1) is 35.8 Å². The summed E-state index contributed by atoms with van der Waals surface area (Å²) in [6.45, 7) is 6.22. The lowest BCUT2D eigenvalue weighted by molar-refractivity contribution is 0.0967. The fourth-order valence-corrected chi connectivity index (χ4v) is 5.60. The van der Waals surface area contributed by atoms with Crippen LogP contribution in [0.4, 0.5) is 0 Å². The Labute approximate surface area is 161 Å². The van der Waals surface area contributed by atoms with Gasteiger partial charge in [-0.05, 0) is 38.0 Å². The molecule has 2 aromatic carbocycles. The first-order valence-corrected chi connectivity index (χ1v) is 10.7. The Hall–Kier alpha value is -1.73. The van der Waals surface area contributed by atoms with E-state index >= 15 is 0 Å². The van der Waals surface area contributed by atoms with Crippen molar-refractivity contribution in [2.24, 2.45) is 0 Å². The van der Waals surface area contributed by atoms with Crippen molar-refractivity contribution in [3.8, 4) is 0 Å². The maximum Gasteiger partial charge on any atom is 0.244 e. The molecule has 6 heteroatoms. The molecule has 1 unspecified atom stereocenters. The molecule has 5 nitrogen and oxygen atoms in total. The molecule has 0 bridgehead atoms. The minimum atomic E-state index is -3.70. The molecule has 1 heterocycles. The zero-order valence-electron chi connectivity index (χ0n) is 16.0. The number of aliphatic hydroxyl groups excluding tert-OH is 1. The van der Waals surface area contributed by atoms with Crippen molar-refractivity contribution < 1.29 is 18.3 Å². The van der Waals surface area contributed by atoms with E-state index in [9.17, 15) is 13.5 Å². The van der Waals surface area contributed by atoms with Crippen molar-refractivity contribution in [3.63, 3.8) is 0 Å². The van der Waals surface area contributed by atoms with Crippen LogP contribution in [0.1, 0.15) is 31.4 Å². The highest BCUT2D eigenvalue weighted by Crippen LogP contribution is 2.49. The number of rotatable bonds is 8. The van der Waals surface area contributed by atoms with E-state index in [1.165, 1.54) is 4.31 Å². The van der Waals surface area contributed by atoms with Crippen molar-refractivity contribution in [2.75, 3.05) is 6.61 Å². The first kappa shape index (κ1) is 20.0. The molecular formula is C21H27NO4S. The average molecular weight is 390 g/mol. The number of aryl methyl sites for hydroxylation is 1. The van der Waals surface area contributed by atoms with Crippen LogP contribution in [0.25, 0.3) is 0 Å². The van der Waals surface area contributed by atoms with Crippen LogP contribution >= 0.6 is 0 Å². The van der Waals surface area contributed by atoms with Gasteiger partial charge in [-0.25, -0.2) is 8.42 Å². The van der Waals surface area contributed by atoms with Crippen molar-refractivity contribution in [3.05, 3.63) is 65.7 Å². The first-order valence-electron chi connectivity index (χ1n) is 9.22. The van der Waals surface area contributed by atoms with Gasteiger partial charge in [0.2, 0.25) is 10.0 Å². The zero-order chi connectivity index (χ0) is 19.7. The number of hydrogen-bond acceptors (Lipinski definition) is 4. The minimum absolute atomic E-state index is 0.244. The molecule has 0 spiro atoms. The summed E-state index contributed by atoms with van der Waals surface area (Å²) in [4.78, 5) is 0.244. The van der Waals surface area contributed by atoms with Gasteiger partial charge >= 0.3 is 0 Å². The Morgan fingerprint density at radius 1 is 1.15 bits per heavy atom. The van der Waals surface area contributed by atoms with E-state index in [0.29, 0.717) is 13.0 Å². The number of aliphatic hydroxyl groups is 1. The monoisotopic (exact) mass is 389 g/mol. The molecule has 0 radical (unpaired) electrons. The van der Waals surface area contributed by atoms with Crippen LogP contribution < -0.4 is 0 Å². The zero-order valence-corrected chi connectivity index (χ0v) is 16.8. The lowest BCUT2D eigenvalue weighted by Gasteiger charge is -2.18. The normalized spacial score (nSPS) is 25.9. The standard InChI is InChI=1S/C21H27NO4S/c1-4-20(23)21(3)19(15-26-14-17-8-6-5-7-9-17)22(21)27(24,25)18-12-10-16(2)11-13-18/h5-13,19-20,23H,4,14-15H2,1-3H3/t19-,20+,21+,22?/m0/s1. The van der Waals surface area contributed by atoms with Crippen molar-refractivity contribution >= 4 is 10.0 Å². The predicted molar refractivity (Wildman–Crippen MR) is 105 cm³/mol. The second-order valence-corrected chi connectivity index (χ2v) is 9.10. The average Bonchev–Trinajstić information content (AvgIpc) is 3.29. The van der Waals surface area contributed by atoms with Gasteiger partial charge in [0.1, 0.15) is 0 Å². The van der Waals surface area contributed by atoms with Crippen LogP contribution in [0.5, 0.6) is 0 Å². The molecule has 1 aliphatic heterocycles. The lowest BCUT2D eigenvalue weighted by Crippen LogP contribution is -2.33. The van der Waals surface area contributed by atoms with Crippen molar-refractivity contribution in [1.29, 1.82) is 0 Å². The van der Waals surface area contributed by atoms with Crippen LogP contribution in [0.3, 0.4) is 0 Å². The largest absolute Gasteiger partial charge is 0.391 e. The highest BCUT2D eigenvalue weighted by atomic mass is 32.2. The maximum absolute atomic E-state index is 13.1. The van der Waals surface area contributed by atoms with Gasteiger partial charge < -0.3 is 9.84 Å². The van der Waals surface area contributed by atoms with E-state index in [1.54, 1.807) is 31.2 Å². The summed E-state index contributed by atoms with van der Waals surface area (Å²) < 4.78 is 33.5. The van der Waals surface area contributed by atoms with Crippen LogP contribution in [-0.2, 0) is 21.4 Å². The molecule has 0 aliphatic carbocycles. The molecule has 2 aromatic rings. The summed E-state index contributed by atoms with van der Waals surface area (Å²) in [5, 5.41) is 10.5. The van der Waals surface area contributed by atoms with Crippen molar-refractivity contribution in [1.82, 2.24) is 4.31 Å². The second-order valence-electron chi connectivity index (χ2n) is 7.28. The third kappa shape index (κ3) is 3.80. The molecule has 1 N–H and O–H groups in total. The van der Waals surface area contributed by atoms with Gasteiger partial charge in [0.25, 0.3) is 0 Å². The number of nitrogens with zero attached hydrogens (tertiary/aromatic N) is 1. The number of ether oxygens (including phenoxy) is 1. The minimum Gasteiger partial charge on any atom is -0.391 e. The molecule has 0 amide bonds. The van der Waals surface area contributed by atoms with Crippen LogP contribution in [0.15, 0.2) is 59.5 Å².